The van der Waals surface area contributed by atoms with Gasteiger partial charge in [0, 0.05) is 24.7 Å². The van der Waals surface area contributed by atoms with E-state index < -0.39 is 18.3 Å². The molecule has 1 aliphatic carbocycles. The molecule has 0 aromatic carbocycles. The molecular weight excluding hydrogens is 348 g/mol. The molecular formula is C21H34O6. The van der Waals surface area contributed by atoms with Crippen molar-refractivity contribution in [2.75, 3.05) is 7.11 Å². The second-order valence-corrected chi connectivity index (χ2v) is 7.19. The van der Waals surface area contributed by atoms with Crippen LogP contribution in [0.4, 0.5) is 0 Å². The number of aliphatic hydroxyl groups is 3. The largest absolute Gasteiger partial charge is 0.469 e. The van der Waals surface area contributed by atoms with Crippen LogP contribution in [0.15, 0.2) is 24.3 Å². The molecule has 154 valence electrons. The molecule has 0 aromatic heterocycles. The van der Waals surface area contributed by atoms with E-state index in [1.165, 1.54) is 7.11 Å². The lowest BCUT2D eigenvalue weighted by molar-refractivity contribution is -0.140. The van der Waals surface area contributed by atoms with Crippen LogP contribution in [-0.4, -0.2) is 52.5 Å². The Hall–Kier alpha value is -1.50. The van der Waals surface area contributed by atoms with Gasteiger partial charge in [0.2, 0.25) is 0 Å². The molecule has 27 heavy (non-hydrogen) atoms. The minimum atomic E-state index is -0.722. The molecule has 1 rings (SSSR count). The van der Waals surface area contributed by atoms with Gasteiger partial charge in [-0.3, -0.25) is 9.59 Å². The third-order valence-electron chi connectivity index (χ3n) is 5.09. The van der Waals surface area contributed by atoms with Crippen molar-refractivity contribution >= 4 is 11.8 Å². The smallest absolute Gasteiger partial charge is 0.305 e. The summed E-state index contributed by atoms with van der Waals surface area (Å²) >= 11 is 0. The summed E-state index contributed by atoms with van der Waals surface area (Å²) in [6.45, 7) is 1.89. The number of methoxy groups -OCH3 is 1. The van der Waals surface area contributed by atoms with Gasteiger partial charge in [-0.25, -0.2) is 0 Å². The number of hydrogen-bond donors (Lipinski definition) is 3. The number of allylic oxidation sites excluding steroid dienone is 2. The lowest BCUT2D eigenvalue weighted by Gasteiger charge is -2.17. The first kappa shape index (κ1) is 23.5. The van der Waals surface area contributed by atoms with Gasteiger partial charge in [0.1, 0.15) is 5.78 Å². The zero-order chi connectivity index (χ0) is 20.2. The number of aliphatic hydroxyl groups excluding tert-OH is 3. The zero-order valence-corrected chi connectivity index (χ0v) is 16.4. The van der Waals surface area contributed by atoms with Crippen LogP contribution in [0.2, 0.25) is 0 Å². The number of Topliss-reactive ketones (excluding diaryl/α,β-unsaturated/α-hetero) is 1. The standard InChI is InChI=1S/C21H34O6/c1-3-15(22)10-11-16(23)12-13-18-17(19(24)14-20(18)25)8-6-4-5-7-9-21(26)27-2/h4,6,12-13,15-18,20,22-23,25H,3,5,7-11,14H2,1-2H3/t15?,16?,17?,18?,20-/m0/s1. The second-order valence-electron chi connectivity index (χ2n) is 7.19. The molecule has 0 spiro atoms. The molecule has 5 atom stereocenters. The van der Waals surface area contributed by atoms with Gasteiger partial charge >= 0.3 is 5.97 Å². The maximum atomic E-state index is 12.2. The van der Waals surface area contributed by atoms with E-state index in [9.17, 15) is 24.9 Å². The minimum absolute atomic E-state index is 0.0345. The number of carbonyl (C=O) groups is 2. The molecule has 0 heterocycles. The number of rotatable bonds is 12. The van der Waals surface area contributed by atoms with Gasteiger partial charge in [0.05, 0.1) is 25.4 Å². The van der Waals surface area contributed by atoms with E-state index in [1.54, 1.807) is 12.2 Å². The van der Waals surface area contributed by atoms with Gasteiger partial charge in [-0.1, -0.05) is 31.2 Å². The minimum Gasteiger partial charge on any atom is -0.469 e. The van der Waals surface area contributed by atoms with E-state index in [-0.39, 0.29) is 30.0 Å². The van der Waals surface area contributed by atoms with E-state index in [0.29, 0.717) is 38.5 Å². The Balaban J connectivity index is 2.48. The molecule has 0 aliphatic heterocycles. The van der Waals surface area contributed by atoms with E-state index in [1.807, 2.05) is 19.1 Å². The van der Waals surface area contributed by atoms with Crippen molar-refractivity contribution in [2.24, 2.45) is 11.8 Å². The molecule has 0 amide bonds. The van der Waals surface area contributed by atoms with E-state index in [2.05, 4.69) is 4.74 Å². The first-order valence-corrected chi connectivity index (χ1v) is 9.86. The van der Waals surface area contributed by atoms with E-state index in [4.69, 9.17) is 0 Å². The van der Waals surface area contributed by atoms with Crippen LogP contribution in [0.25, 0.3) is 0 Å². The average Bonchev–Trinajstić information content (AvgIpc) is 2.92. The normalized spacial score (nSPS) is 25.4. The first-order chi connectivity index (χ1) is 12.9. The van der Waals surface area contributed by atoms with Crippen LogP contribution in [0.5, 0.6) is 0 Å². The van der Waals surface area contributed by atoms with Crippen molar-refractivity contribution in [1.82, 2.24) is 0 Å². The number of ketones is 1. The monoisotopic (exact) mass is 382 g/mol. The Morgan fingerprint density at radius 1 is 1.30 bits per heavy atom. The van der Waals surface area contributed by atoms with Gasteiger partial charge in [-0.05, 0) is 38.5 Å². The number of ether oxygens (including phenoxy) is 1. The van der Waals surface area contributed by atoms with Crippen LogP contribution >= 0.6 is 0 Å². The molecule has 1 aliphatic rings. The fraction of sp³-hybridized carbons (Fsp3) is 0.714. The summed E-state index contributed by atoms with van der Waals surface area (Å²) in [4.78, 5) is 23.2. The highest BCUT2D eigenvalue weighted by molar-refractivity contribution is 5.84. The lowest BCUT2D eigenvalue weighted by atomic mass is 9.90. The summed E-state index contributed by atoms with van der Waals surface area (Å²) in [5, 5.41) is 29.7. The SMILES string of the molecule is CCC(O)CCC(O)C=CC1C(CC=CCCCC(=O)OC)C(=O)C[C@@H]1O. The summed E-state index contributed by atoms with van der Waals surface area (Å²) < 4.78 is 4.58. The molecule has 6 heteroatoms. The quantitative estimate of drug-likeness (QED) is 0.272. The summed E-state index contributed by atoms with van der Waals surface area (Å²) in [6.07, 6.45) is 9.52. The van der Waals surface area contributed by atoms with Crippen molar-refractivity contribution in [1.29, 1.82) is 0 Å². The Labute approximate surface area is 161 Å². The van der Waals surface area contributed by atoms with Crippen molar-refractivity contribution in [2.45, 2.75) is 76.6 Å². The van der Waals surface area contributed by atoms with Crippen LogP contribution in [0.1, 0.15) is 58.3 Å². The second kappa shape index (κ2) is 12.8. The highest BCUT2D eigenvalue weighted by atomic mass is 16.5. The van der Waals surface area contributed by atoms with Crippen LogP contribution in [0, 0.1) is 11.8 Å². The third kappa shape index (κ3) is 8.82. The molecule has 0 saturated heterocycles. The summed E-state index contributed by atoms with van der Waals surface area (Å²) in [5.41, 5.74) is 0. The van der Waals surface area contributed by atoms with Crippen LogP contribution in [-0.2, 0) is 14.3 Å². The average molecular weight is 382 g/mol. The highest BCUT2D eigenvalue weighted by Crippen LogP contribution is 2.33. The molecule has 1 fully saturated rings. The van der Waals surface area contributed by atoms with Gasteiger partial charge in [0.25, 0.3) is 0 Å². The Morgan fingerprint density at radius 3 is 2.70 bits per heavy atom. The van der Waals surface area contributed by atoms with Crippen LogP contribution in [0.3, 0.4) is 0 Å². The lowest BCUT2D eigenvalue weighted by Crippen LogP contribution is -2.19. The Morgan fingerprint density at radius 2 is 2.04 bits per heavy atom. The maximum Gasteiger partial charge on any atom is 0.305 e. The van der Waals surface area contributed by atoms with Crippen molar-refractivity contribution in [3.8, 4) is 0 Å². The van der Waals surface area contributed by atoms with Gasteiger partial charge < -0.3 is 20.1 Å². The molecule has 3 N–H and O–H groups in total. The third-order valence-corrected chi connectivity index (χ3v) is 5.09. The zero-order valence-electron chi connectivity index (χ0n) is 16.4. The number of carbonyl (C=O) groups excluding carboxylic acids is 2. The molecule has 4 unspecified atom stereocenters. The molecule has 0 radical (unpaired) electrons. The molecule has 1 saturated carbocycles. The predicted molar refractivity (Wildman–Crippen MR) is 103 cm³/mol. The van der Waals surface area contributed by atoms with E-state index in [0.717, 1.165) is 6.42 Å². The molecule has 0 aromatic rings. The fourth-order valence-corrected chi connectivity index (χ4v) is 3.27. The van der Waals surface area contributed by atoms with Crippen LogP contribution < -0.4 is 0 Å². The number of esters is 1. The first-order valence-electron chi connectivity index (χ1n) is 9.86. The molecule has 6 nitrogen and oxygen atoms in total. The summed E-state index contributed by atoms with van der Waals surface area (Å²) in [5.74, 6) is -0.788. The topological polar surface area (TPSA) is 104 Å². The van der Waals surface area contributed by atoms with E-state index >= 15 is 0 Å². The van der Waals surface area contributed by atoms with Crippen molar-refractivity contribution in [3.05, 3.63) is 24.3 Å². The van der Waals surface area contributed by atoms with Gasteiger partial charge in [0.15, 0.2) is 0 Å². The van der Waals surface area contributed by atoms with Crippen molar-refractivity contribution in [3.63, 3.8) is 0 Å². The molecule has 0 bridgehead atoms. The maximum absolute atomic E-state index is 12.2. The van der Waals surface area contributed by atoms with Gasteiger partial charge in [-0.15, -0.1) is 0 Å². The summed E-state index contributed by atoms with van der Waals surface area (Å²) in [6, 6.07) is 0. The predicted octanol–water partition coefficient (Wildman–Crippen LogP) is 2.31. The number of unbranched alkanes of at least 4 members (excludes halogenated alkanes) is 1. The highest BCUT2D eigenvalue weighted by Gasteiger charge is 2.39. The Kier molecular flexibility index (Phi) is 11.2. The van der Waals surface area contributed by atoms with Crippen molar-refractivity contribution < 1.29 is 29.6 Å². The van der Waals surface area contributed by atoms with Gasteiger partial charge in [-0.2, -0.15) is 0 Å². The fourth-order valence-electron chi connectivity index (χ4n) is 3.27. The summed E-state index contributed by atoms with van der Waals surface area (Å²) in [7, 11) is 1.37. The Bertz CT molecular complexity index is 513. The number of hydrogen-bond acceptors (Lipinski definition) is 6.